The standard InChI is InChI=1S/C20H23NO6/c1-24-17-7-5-13(9-19(17)26-3)8-15-12-27-20(23)21(15)11-14-4-6-16(22)18(10-14)25-2/h4-7,9-10,15,22H,8,11-12H2,1-3H3. The minimum atomic E-state index is -0.354. The van der Waals surface area contributed by atoms with Crippen LogP contribution >= 0.6 is 0 Å². The van der Waals surface area contributed by atoms with Crippen molar-refractivity contribution in [1.29, 1.82) is 0 Å². The van der Waals surface area contributed by atoms with Gasteiger partial charge >= 0.3 is 6.09 Å². The van der Waals surface area contributed by atoms with Crippen molar-refractivity contribution in [3.8, 4) is 23.0 Å². The van der Waals surface area contributed by atoms with E-state index in [1.807, 2.05) is 18.2 Å². The number of carbonyl (C=O) groups is 1. The summed E-state index contributed by atoms with van der Waals surface area (Å²) in [6.07, 6.45) is 0.272. The summed E-state index contributed by atoms with van der Waals surface area (Å²) in [7, 11) is 4.67. The molecule has 0 aromatic heterocycles. The smallest absolute Gasteiger partial charge is 0.410 e. The quantitative estimate of drug-likeness (QED) is 0.804. The molecule has 0 bridgehead atoms. The van der Waals surface area contributed by atoms with E-state index in [0.29, 0.717) is 36.8 Å². The summed E-state index contributed by atoms with van der Waals surface area (Å²) in [5.41, 5.74) is 1.87. The predicted octanol–water partition coefficient (Wildman–Crippen LogP) is 2.98. The van der Waals surface area contributed by atoms with E-state index >= 15 is 0 Å². The van der Waals surface area contributed by atoms with Crippen LogP contribution in [0, 0.1) is 0 Å². The van der Waals surface area contributed by atoms with Gasteiger partial charge in [-0.3, -0.25) is 4.90 Å². The average molecular weight is 373 g/mol. The maximum atomic E-state index is 12.2. The molecular weight excluding hydrogens is 350 g/mol. The van der Waals surface area contributed by atoms with Crippen LogP contribution in [-0.4, -0.2) is 50.1 Å². The summed E-state index contributed by atoms with van der Waals surface area (Å²) in [6, 6.07) is 10.6. The van der Waals surface area contributed by atoms with Gasteiger partial charge in [0.15, 0.2) is 23.0 Å². The van der Waals surface area contributed by atoms with Gasteiger partial charge in [-0.25, -0.2) is 4.79 Å². The lowest BCUT2D eigenvalue weighted by Gasteiger charge is -2.22. The van der Waals surface area contributed by atoms with Crippen LogP contribution in [0.3, 0.4) is 0 Å². The first-order valence-electron chi connectivity index (χ1n) is 8.56. The number of ether oxygens (including phenoxy) is 4. The van der Waals surface area contributed by atoms with Gasteiger partial charge < -0.3 is 24.1 Å². The Hall–Kier alpha value is -3.09. The van der Waals surface area contributed by atoms with Gasteiger partial charge in [0.2, 0.25) is 0 Å². The molecule has 0 saturated carbocycles. The fourth-order valence-electron chi connectivity index (χ4n) is 3.15. The lowest BCUT2D eigenvalue weighted by Crippen LogP contribution is -2.34. The highest BCUT2D eigenvalue weighted by atomic mass is 16.6. The summed E-state index contributed by atoms with van der Waals surface area (Å²) < 4.78 is 21.0. The largest absolute Gasteiger partial charge is 0.504 e. The van der Waals surface area contributed by atoms with Crippen LogP contribution in [0.15, 0.2) is 36.4 Å². The molecule has 2 aromatic rings. The zero-order valence-corrected chi connectivity index (χ0v) is 15.6. The Labute approximate surface area is 158 Å². The van der Waals surface area contributed by atoms with E-state index in [-0.39, 0.29) is 17.9 Å². The van der Waals surface area contributed by atoms with Gasteiger partial charge in [0.25, 0.3) is 0 Å². The van der Waals surface area contributed by atoms with Crippen molar-refractivity contribution in [1.82, 2.24) is 4.90 Å². The van der Waals surface area contributed by atoms with Crippen molar-refractivity contribution in [2.24, 2.45) is 0 Å². The van der Waals surface area contributed by atoms with Gasteiger partial charge in [0, 0.05) is 6.54 Å². The highest BCUT2D eigenvalue weighted by Crippen LogP contribution is 2.30. The normalized spacial score (nSPS) is 16.2. The Bertz CT molecular complexity index is 822. The van der Waals surface area contributed by atoms with Gasteiger partial charge in [0.1, 0.15) is 6.61 Å². The number of amides is 1. The van der Waals surface area contributed by atoms with E-state index in [1.165, 1.54) is 7.11 Å². The van der Waals surface area contributed by atoms with Crippen LogP contribution in [0.2, 0.25) is 0 Å². The van der Waals surface area contributed by atoms with E-state index in [0.717, 1.165) is 11.1 Å². The van der Waals surface area contributed by atoms with Crippen molar-refractivity contribution in [3.63, 3.8) is 0 Å². The minimum absolute atomic E-state index is 0.0622. The number of benzene rings is 2. The summed E-state index contributed by atoms with van der Waals surface area (Å²) in [4.78, 5) is 13.9. The minimum Gasteiger partial charge on any atom is -0.504 e. The molecular formula is C20H23NO6. The van der Waals surface area contributed by atoms with E-state index in [2.05, 4.69) is 0 Å². The summed E-state index contributed by atoms with van der Waals surface area (Å²) >= 11 is 0. The number of hydrogen-bond donors (Lipinski definition) is 1. The number of phenolic OH excluding ortho intramolecular Hbond substituents is 1. The molecule has 1 N–H and O–H groups in total. The number of methoxy groups -OCH3 is 3. The molecule has 1 fully saturated rings. The molecule has 2 aromatic carbocycles. The Morgan fingerprint density at radius 3 is 2.37 bits per heavy atom. The molecule has 7 heteroatoms. The maximum Gasteiger partial charge on any atom is 0.410 e. The molecule has 1 amide bonds. The maximum absolute atomic E-state index is 12.2. The molecule has 0 aliphatic carbocycles. The third-order valence-corrected chi connectivity index (χ3v) is 4.59. The molecule has 1 saturated heterocycles. The first-order valence-corrected chi connectivity index (χ1v) is 8.56. The summed E-state index contributed by atoms with van der Waals surface area (Å²) in [6.45, 7) is 0.690. The van der Waals surface area contributed by atoms with E-state index in [4.69, 9.17) is 18.9 Å². The molecule has 1 aliphatic rings. The average Bonchev–Trinajstić information content (AvgIpc) is 3.02. The van der Waals surface area contributed by atoms with Crippen molar-refractivity contribution in [2.75, 3.05) is 27.9 Å². The molecule has 27 heavy (non-hydrogen) atoms. The number of cyclic esters (lactones) is 1. The van der Waals surface area contributed by atoms with Crippen LogP contribution in [0.1, 0.15) is 11.1 Å². The van der Waals surface area contributed by atoms with Crippen LogP contribution < -0.4 is 14.2 Å². The van der Waals surface area contributed by atoms with E-state index < -0.39 is 0 Å². The second kappa shape index (κ2) is 8.07. The topological polar surface area (TPSA) is 77.5 Å². The van der Waals surface area contributed by atoms with Crippen LogP contribution in [0.5, 0.6) is 23.0 Å². The summed E-state index contributed by atoms with van der Waals surface area (Å²) in [5, 5.41) is 9.73. The molecule has 1 unspecified atom stereocenters. The molecule has 1 heterocycles. The fourth-order valence-corrected chi connectivity index (χ4v) is 3.15. The molecule has 0 radical (unpaired) electrons. The van der Waals surface area contributed by atoms with Crippen molar-refractivity contribution in [2.45, 2.75) is 19.0 Å². The lowest BCUT2D eigenvalue weighted by atomic mass is 10.0. The highest BCUT2D eigenvalue weighted by Gasteiger charge is 2.33. The zero-order chi connectivity index (χ0) is 19.4. The molecule has 0 spiro atoms. The first-order chi connectivity index (χ1) is 13.0. The number of aromatic hydroxyl groups is 1. The van der Waals surface area contributed by atoms with Crippen molar-refractivity contribution in [3.05, 3.63) is 47.5 Å². The van der Waals surface area contributed by atoms with Gasteiger partial charge in [-0.15, -0.1) is 0 Å². The van der Waals surface area contributed by atoms with E-state index in [1.54, 1.807) is 37.3 Å². The number of hydrogen-bond acceptors (Lipinski definition) is 6. The van der Waals surface area contributed by atoms with Gasteiger partial charge in [-0.1, -0.05) is 12.1 Å². The second-order valence-corrected chi connectivity index (χ2v) is 6.26. The summed E-state index contributed by atoms with van der Waals surface area (Å²) in [5.74, 6) is 1.74. The predicted molar refractivity (Wildman–Crippen MR) is 98.6 cm³/mol. The first kappa shape index (κ1) is 18.7. The van der Waals surface area contributed by atoms with Gasteiger partial charge in [-0.2, -0.15) is 0 Å². The van der Waals surface area contributed by atoms with Crippen molar-refractivity contribution < 1.29 is 28.8 Å². The Kier molecular flexibility index (Phi) is 5.59. The Balaban J connectivity index is 1.76. The number of nitrogens with zero attached hydrogens (tertiary/aromatic N) is 1. The molecule has 3 rings (SSSR count). The Morgan fingerprint density at radius 1 is 1.00 bits per heavy atom. The molecule has 1 aliphatic heterocycles. The third-order valence-electron chi connectivity index (χ3n) is 4.59. The highest BCUT2D eigenvalue weighted by molar-refractivity contribution is 5.70. The van der Waals surface area contributed by atoms with Gasteiger partial charge in [0.05, 0.1) is 27.4 Å². The van der Waals surface area contributed by atoms with Crippen molar-refractivity contribution >= 4 is 6.09 Å². The number of carbonyl (C=O) groups excluding carboxylic acids is 1. The monoisotopic (exact) mass is 373 g/mol. The van der Waals surface area contributed by atoms with Gasteiger partial charge in [-0.05, 0) is 41.8 Å². The fraction of sp³-hybridized carbons (Fsp3) is 0.350. The lowest BCUT2D eigenvalue weighted by molar-refractivity contribution is 0.156. The van der Waals surface area contributed by atoms with Crippen LogP contribution in [-0.2, 0) is 17.7 Å². The van der Waals surface area contributed by atoms with E-state index in [9.17, 15) is 9.90 Å². The van der Waals surface area contributed by atoms with Crippen LogP contribution in [0.4, 0.5) is 4.79 Å². The molecule has 7 nitrogen and oxygen atoms in total. The SMILES string of the molecule is COc1cc(CN2C(=O)OCC2Cc2ccc(OC)c(OC)c2)ccc1O. The number of phenols is 1. The third kappa shape index (κ3) is 4.02. The Morgan fingerprint density at radius 2 is 1.67 bits per heavy atom. The zero-order valence-electron chi connectivity index (χ0n) is 15.6. The molecule has 144 valence electrons. The second-order valence-electron chi connectivity index (χ2n) is 6.26. The molecule has 1 atom stereocenters. The number of rotatable bonds is 7. The van der Waals surface area contributed by atoms with Crippen LogP contribution in [0.25, 0.3) is 0 Å².